The monoisotopic (exact) mass is 375 g/mol. The molecule has 1 aliphatic rings. The zero-order valence-corrected chi connectivity index (χ0v) is 16.4. The molecular formula is C22H23N4O2. The molecule has 0 unspecified atom stereocenters. The Balaban J connectivity index is 1.73. The molecule has 0 atom stereocenters. The minimum atomic E-state index is -0.596. The maximum Gasteiger partial charge on any atom is 0.250 e. The van der Waals surface area contributed by atoms with E-state index in [1.807, 2.05) is 64.1 Å². The highest BCUT2D eigenvalue weighted by atomic mass is 16.5. The standard InChI is InChI=1S/C22H23N4O2/c1-21(2)12-16(22(3,4)26(21)28)13-8-10-14(11-9-13)20-24-17-7-5-6-15(19(23)27)18(17)25-20/h5-12H,1-4H3,(H2,23,27)(H,24,25). The minimum Gasteiger partial charge on any atom is -0.366 e. The quantitative estimate of drug-likeness (QED) is 0.726. The molecule has 0 spiro atoms. The van der Waals surface area contributed by atoms with Gasteiger partial charge in [0, 0.05) is 5.56 Å². The summed E-state index contributed by atoms with van der Waals surface area (Å²) < 4.78 is 0. The molecule has 6 heteroatoms. The zero-order valence-electron chi connectivity index (χ0n) is 16.4. The molecule has 1 aliphatic heterocycles. The third-order valence-electron chi connectivity index (χ3n) is 5.44. The van der Waals surface area contributed by atoms with Crippen molar-refractivity contribution in [1.29, 1.82) is 0 Å². The van der Waals surface area contributed by atoms with Gasteiger partial charge >= 0.3 is 0 Å². The highest BCUT2D eigenvalue weighted by Gasteiger charge is 2.46. The first kappa shape index (κ1) is 18.4. The van der Waals surface area contributed by atoms with Crippen molar-refractivity contribution in [2.24, 2.45) is 5.73 Å². The van der Waals surface area contributed by atoms with Gasteiger partial charge in [0.15, 0.2) is 0 Å². The van der Waals surface area contributed by atoms with Gasteiger partial charge in [-0.25, -0.2) is 4.98 Å². The van der Waals surface area contributed by atoms with Crippen LogP contribution in [-0.2, 0) is 5.21 Å². The fourth-order valence-electron chi connectivity index (χ4n) is 4.03. The van der Waals surface area contributed by atoms with E-state index in [0.717, 1.165) is 27.3 Å². The average Bonchev–Trinajstić information content (AvgIpc) is 3.15. The second-order valence-corrected chi connectivity index (χ2v) is 8.29. The van der Waals surface area contributed by atoms with Crippen LogP contribution in [0.5, 0.6) is 0 Å². The molecule has 2 aromatic carbocycles. The van der Waals surface area contributed by atoms with E-state index in [-0.39, 0.29) is 0 Å². The van der Waals surface area contributed by atoms with Crippen molar-refractivity contribution in [3.8, 4) is 11.4 Å². The van der Waals surface area contributed by atoms with Crippen LogP contribution in [0, 0.1) is 0 Å². The van der Waals surface area contributed by atoms with Crippen LogP contribution >= 0.6 is 0 Å². The number of primary amides is 1. The Morgan fingerprint density at radius 3 is 2.25 bits per heavy atom. The molecular weight excluding hydrogens is 352 g/mol. The van der Waals surface area contributed by atoms with Crippen LogP contribution in [-0.4, -0.2) is 32.0 Å². The summed E-state index contributed by atoms with van der Waals surface area (Å²) in [6, 6.07) is 13.2. The van der Waals surface area contributed by atoms with Gasteiger partial charge in [-0.3, -0.25) is 4.79 Å². The third-order valence-corrected chi connectivity index (χ3v) is 5.44. The molecule has 28 heavy (non-hydrogen) atoms. The second kappa shape index (κ2) is 6.02. The SMILES string of the molecule is CC1(C)C=C(c2ccc(-c3nc4c(C(N)=O)cccc4[nH]3)cc2)C(C)(C)N1[O]. The van der Waals surface area contributed by atoms with Crippen molar-refractivity contribution >= 4 is 22.5 Å². The molecule has 1 radical (unpaired) electrons. The molecule has 4 rings (SSSR count). The number of aromatic amines is 1. The van der Waals surface area contributed by atoms with Gasteiger partial charge in [-0.1, -0.05) is 36.4 Å². The Morgan fingerprint density at radius 1 is 1.04 bits per heavy atom. The lowest BCUT2D eigenvalue weighted by molar-refractivity contribution is -0.234. The summed E-state index contributed by atoms with van der Waals surface area (Å²) in [7, 11) is 0. The summed E-state index contributed by atoms with van der Waals surface area (Å²) >= 11 is 0. The molecule has 3 aromatic rings. The van der Waals surface area contributed by atoms with E-state index in [1.165, 1.54) is 0 Å². The number of H-pyrrole nitrogens is 1. The van der Waals surface area contributed by atoms with E-state index >= 15 is 0 Å². The van der Waals surface area contributed by atoms with Crippen LogP contribution in [0.2, 0.25) is 0 Å². The number of benzene rings is 2. The van der Waals surface area contributed by atoms with Gasteiger partial charge in [0.2, 0.25) is 0 Å². The largest absolute Gasteiger partial charge is 0.366 e. The number of carbonyl (C=O) groups excluding carboxylic acids is 1. The number of rotatable bonds is 3. The van der Waals surface area contributed by atoms with Crippen LogP contribution in [0.25, 0.3) is 28.0 Å². The van der Waals surface area contributed by atoms with Gasteiger partial charge in [0.25, 0.3) is 5.91 Å². The molecule has 0 fully saturated rings. The lowest BCUT2D eigenvalue weighted by atomic mass is 9.90. The topological polar surface area (TPSA) is 94.9 Å². The maximum atomic E-state index is 12.6. The summed E-state index contributed by atoms with van der Waals surface area (Å²) in [6.07, 6.45) is 2.04. The minimum absolute atomic E-state index is 0.396. The van der Waals surface area contributed by atoms with Crippen molar-refractivity contribution in [3.63, 3.8) is 0 Å². The predicted octanol–water partition coefficient (Wildman–Crippen LogP) is 3.93. The van der Waals surface area contributed by atoms with Gasteiger partial charge in [-0.15, -0.1) is 10.3 Å². The maximum absolute atomic E-state index is 12.6. The number of nitrogens with two attached hydrogens (primary N) is 1. The number of nitrogens with zero attached hydrogens (tertiary/aromatic N) is 2. The Morgan fingerprint density at radius 2 is 1.68 bits per heavy atom. The highest BCUT2D eigenvalue weighted by molar-refractivity contribution is 6.04. The third kappa shape index (κ3) is 2.73. The Bertz CT molecular complexity index is 1110. The van der Waals surface area contributed by atoms with Gasteiger partial charge in [-0.2, -0.15) is 0 Å². The molecule has 0 saturated carbocycles. The van der Waals surface area contributed by atoms with Crippen molar-refractivity contribution in [1.82, 2.24) is 15.0 Å². The van der Waals surface area contributed by atoms with Crippen LogP contribution in [0.4, 0.5) is 0 Å². The Labute approximate surface area is 163 Å². The van der Waals surface area contributed by atoms with E-state index in [0.29, 0.717) is 16.9 Å². The first-order valence-electron chi connectivity index (χ1n) is 9.21. The van der Waals surface area contributed by atoms with Gasteiger partial charge in [0.1, 0.15) is 11.3 Å². The number of hydrogen-bond donors (Lipinski definition) is 2. The lowest BCUT2D eigenvalue weighted by Crippen LogP contribution is -2.46. The fraction of sp³-hybridized carbons (Fsp3) is 0.273. The van der Waals surface area contributed by atoms with E-state index in [9.17, 15) is 10.0 Å². The number of hydrogen-bond acceptors (Lipinski definition) is 3. The number of amides is 1. The molecule has 1 aromatic heterocycles. The normalized spacial score (nSPS) is 18.4. The number of aromatic nitrogens is 2. The average molecular weight is 375 g/mol. The number of imidazole rings is 1. The summed E-state index contributed by atoms with van der Waals surface area (Å²) in [5.41, 5.74) is 8.95. The first-order valence-corrected chi connectivity index (χ1v) is 9.21. The zero-order chi connectivity index (χ0) is 20.3. The van der Waals surface area contributed by atoms with E-state index in [4.69, 9.17) is 5.73 Å². The molecule has 0 saturated heterocycles. The summed E-state index contributed by atoms with van der Waals surface area (Å²) in [5, 5.41) is 13.8. The van der Waals surface area contributed by atoms with Crippen LogP contribution in [0.1, 0.15) is 43.6 Å². The van der Waals surface area contributed by atoms with Gasteiger partial charge in [-0.05, 0) is 51.0 Å². The molecule has 6 nitrogen and oxygen atoms in total. The summed E-state index contributed by atoms with van der Waals surface area (Å²) in [5.74, 6) is 0.167. The predicted molar refractivity (Wildman–Crippen MR) is 109 cm³/mol. The van der Waals surface area contributed by atoms with Crippen molar-refractivity contribution < 1.29 is 10.0 Å². The van der Waals surface area contributed by atoms with Crippen LogP contribution in [0.3, 0.4) is 0 Å². The van der Waals surface area contributed by atoms with Gasteiger partial charge in [0.05, 0.1) is 22.2 Å². The van der Waals surface area contributed by atoms with E-state index in [1.54, 1.807) is 12.1 Å². The first-order chi connectivity index (χ1) is 13.1. The highest BCUT2D eigenvalue weighted by Crippen LogP contribution is 2.43. The lowest BCUT2D eigenvalue weighted by Gasteiger charge is -2.34. The Hall–Kier alpha value is -2.96. The number of carbonyl (C=O) groups is 1. The van der Waals surface area contributed by atoms with Crippen LogP contribution in [0.15, 0.2) is 48.5 Å². The second-order valence-electron chi connectivity index (χ2n) is 8.29. The molecule has 1 amide bonds. The van der Waals surface area contributed by atoms with E-state index < -0.39 is 17.0 Å². The van der Waals surface area contributed by atoms with Crippen molar-refractivity contribution in [2.45, 2.75) is 38.8 Å². The molecule has 3 N–H and O–H groups in total. The number of nitrogens with one attached hydrogen (secondary N) is 1. The molecule has 0 bridgehead atoms. The number of hydroxylamine groups is 2. The number of fused-ring (bicyclic) bond motifs is 1. The smallest absolute Gasteiger partial charge is 0.250 e. The fourth-order valence-corrected chi connectivity index (χ4v) is 4.03. The molecule has 0 aliphatic carbocycles. The summed E-state index contributed by atoms with van der Waals surface area (Å²) in [6.45, 7) is 7.74. The summed E-state index contributed by atoms with van der Waals surface area (Å²) in [4.78, 5) is 19.4. The number of para-hydroxylation sites is 1. The van der Waals surface area contributed by atoms with Gasteiger partial charge < -0.3 is 10.7 Å². The Kier molecular flexibility index (Phi) is 3.96. The van der Waals surface area contributed by atoms with Crippen molar-refractivity contribution in [3.05, 3.63) is 59.7 Å². The molecule has 143 valence electrons. The van der Waals surface area contributed by atoms with Crippen molar-refractivity contribution in [2.75, 3.05) is 0 Å². The molecule has 2 heterocycles. The van der Waals surface area contributed by atoms with Crippen LogP contribution < -0.4 is 5.73 Å². The van der Waals surface area contributed by atoms with E-state index in [2.05, 4.69) is 9.97 Å².